The second-order valence-corrected chi connectivity index (χ2v) is 9.17. The quantitative estimate of drug-likeness (QED) is 0.380. The van der Waals surface area contributed by atoms with Crippen LogP contribution >= 0.6 is 0 Å². The molecule has 1 aliphatic heterocycles. The molecule has 0 unspecified atom stereocenters. The Labute approximate surface area is 217 Å². The zero-order valence-electron chi connectivity index (χ0n) is 20.9. The molecule has 1 N–H and O–H groups in total. The molecule has 186 valence electrons. The molecule has 0 bridgehead atoms. The summed E-state index contributed by atoms with van der Waals surface area (Å²) in [6, 6.07) is 13.4. The van der Waals surface area contributed by atoms with Crippen LogP contribution in [0.1, 0.15) is 50.6 Å². The molecular weight excluding hydrogens is 480 g/mol. The lowest BCUT2D eigenvalue weighted by molar-refractivity contribution is 0.0934. The number of anilines is 1. The van der Waals surface area contributed by atoms with E-state index in [1.54, 1.807) is 75.8 Å². The van der Waals surface area contributed by atoms with Crippen molar-refractivity contribution < 1.29 is 9.59 Å². The third kappa shape index (κ3) is 3.17. The molecule has 38 heavy (non-hydrogen) atoms. The summed E-state index contributed by atoms with van der Waals surface area (Å²) in [4.78, 5) is 47.2. The molecule has 1 aliphatic rings. The Morgan fingerprint density at radius 3 is 2.58 bits per heavy atom. The molecule has 1 atom stereocenters. The number of terminal acetylenes is 1. The van der Waals surface area contributed by atoms with Gasteiger partial charge in [0.1, 0.15) is 5.56 Å². The lowest BCUT2D eigenvalue weighted by Gasteiger charge is -2.23. The van der Waals surface area contributed by atoms with Crippen LogP contribution in [0.2, 0.25) is 0 Å². The van der Waals surface area contributed by atoms with Gasteiger partial charge < -0.3 is 10.2 Å². The highest BCUT2D eigenvalue weighted by molar-refractivity contribution is 6.26. The molecular formula is C29H22N6O3. The Kier molecular flexibility index (Phi) is 5.14. The first-order valence-corrected chi connectivity index (χ1v) is 12.0. The van der Waals surface area contributed by atoms with Gasteiger partial charge in [0.2, 0.25) is 0 Å². The molecule has 0 saturated heterocycles. The van der Waals surface area contributed by atoms with Gasteiger partial charge in [0.15, 0.2) is 5.65 Å². The van der Waals surface area contributed by atoms with Crippen molar-refractivity contribution in [3.8, 4) is 18.0 Å². The van der Waals surface area contributed by atoms with E-state index < -0.39 is 11.9 Å². The van der Waals surface area contributed by atoms with Crippen LogP contribution in [0, 0.1) is 19.3 Å². The van der Waals surface area contributed by atoms with E-state index in [1.165, 1.54) is 14.0 Å². The molecule has 2 aromatic carbocycles. The lowest BCUT2D eigenvalue weighted by atomic mass is 9.97. The van der Waals surface area contributed by atoms with E-state index in [0.717, 1.165) is 0 Å². The summed E-state index contributed by atoms with van der Waals surface area (Å²) in [5, 5.41) is 8.16. The molecule has 9 nitrogen and oxygen atoms in total. The van der Waals surface area contributed by atoms with E-state index in [9.17, 15) is 14.4 Å². The highest BCUT2D eigenvalue weighted by atomic mass is 16.2. The van der Waals surface area contributed by atoms with Crippen molar-refractivity contribution in [2.45, 2.75) is 19.9 Å². The predicted octanol–water partition coefficient (Wildman–Crippen LogP) is 3.40. The van der Waals surface area contributed by atoms with Crippen molar-refractivity contribution in [2.24, 2.45) is 0 Å². The Hall–Kier alpha value is -5.23. The number of para-hydroxylation sites is 1. The SMILES string of the molecule is C#Cc1ccc2c3c(c([C@@H](C)NC(=O)c4c(C)nn5cccnc45)n(-c4ccccc4)c(=O)c13)C(=O)N2C. The van der Waals surface area contributed by atoms with Crippen molar-refractivity contribution in [2.75, 3.05) is 11.9 Å². The number of hydrogen-bond acceptors (Lipinski definition) is 5. The minimum absolute atomic E-state index is 0.284. The van der Waals surface area contributed by atoms with Crippen LogP contribution in [0.4, 0.5) is 5.69 Å². The number of fused-ring (bicyclic) bond motifs is 1. The second-order valence-electron chi connectivity index (χ2n) is 9.17. The van der Waals surface area contributed by atoms with Crippen molar-refractivity contribution in [1.29, 1.82) is 0 Å². The Morgan fingerprint density at radius 1 is 1.08 bits per heavy atom. The van der Waals surface area contributed by atoms with Gasteiger partial charge in [-0.25, -0.2) is 9.50 Å². The smallest absolute Gasteiger partial charge is 0.264 e. The molecule has 2 amide bonds. The van der Waals surface area contributed by atoms with Gasteiger partial charge >= 0.3 is 0 Å². The van der Waals surface area contributed by atoms with Gasteiger partial charge in [-0.15, -0.1) is 6.42 Å². The molecule has 9 heteroatoms. The van der Waals surface area contributed by atoms with Crippen LogP contribution in [-0.2, 0) is 0 Å². The maximum Gasteiger partial charge on any atom is 0.264 e. The highest BCUT2D eigenvalue weighted by Gasteiger charge is 2.36. The predicted molar refractivity (Wildman–Crippen MR) is 144 cm³/mol. The summed E-state index contributed by atoms with van der Waals surface area (Å²) < 4.78 is 3.02. The fraction of sp³-hybridized carbons (Fsp3) is 0.138. The van der Waals surface area contributed by atoms with Crippen LogP contribution in [0.15, 0.2) is 65.7 Å². The zero-order chi connectivity index (χ0) is 26.7. The first-order valence-electron chi connectivity index (χ1n) is 12.0. The van der Waals surface area contributed by atoms with Crippen molar-refractivity contribution in [3.05, 3.63) is 99.4 Å². The average molecular weight is 503 g/mol. The molecule has 0 aliphatic carbocycles. The van der Waals surface area contributed by atoms with E-state index in [4.69, 9.17) is 6.42 Å². The number of hydrogen-bond donors (Lipinski definition) is 1. The number of nitrogens with zero attached hydrogens (tertiary/aromatic N) is 5. The highest BCUT2D eigenvalue weighted by Crippen LogP contribution is 2.40. The first kappa shape index (κ1) is 23.2. The summed E-state index contributed by atoms with van der Waals surface area (Å²) in [5.74, 6) is 1.89. The first-order chi connectivity index (χ1) is 18.3. The molecule has 0 spiro atoms. The summed E-state index contributed by atoms with van der Waals surface area (Å²) in [5.41, 5.74) is 3.13. The van der Waals surface area contributed by atoms with Crippen molar-refractivity contribution in [3.63, 3.8) is 0 Å². The molecule has 4 heterocycles. The van der Waals surface area contributed by atoms with E-state index in [0.29, 0.717) is 55.9 Å². The van der Waals surface area contributed by atoms with E-state index in [-0.39, 0.29) is 11.5 Å². The van der Waals surface area contributed by atoms with Gasteiger partial charge in [-0.05, 0) is 44.2 Å². The number of amides is 2. The molecule has 5 aromatic rings. The van der Waals surface area contributed by atoms with Crippen LogP contribution < -0.4 is 15.8 Å². The Balaban J connectivity index is 1.61. The summed E-state index contributed by atoms with van der Waals surface area (Å²) >= 11 is 0. The number of aromatic nitrogens is 4. The molecule has 0 radical (unpaired) electrons. The number of aryl methyl sites for hydroxylation is 1. The fourth-order valence-electron chi connectivity index (χ4n) is 5.26. The number of rotatable bonds is 4. The van der Waals surface area contributed by atoms with Crippen molar-refractivity contribution >= 4 is 33.9 Å². The largest absolute Gasteiger partial charge is 0.344 e. The van der Waals surface area contributed by atoms with E-state index >= 15 is 0 Å². The topological polar surface area (TPSA) is 102 Å². The van der Waals surface area contributed by atoms with Gasteiger partial charge in [-0.3, -0.25) is 19.0 Å². The summed E-state index contributed by atoms with van der Waals surface area (Å²) in [6.07, 6.45) is 9.08. The fourth-order valence-corrected chi connectivity index (χ4v) is 5.26. The van der Waals surface area contributed by atoms with Gasteiger partial charge in [-0.1, -0.05) is 24.1 Å². The number of pyridine rings is 1. The minimum Gasteiger partial charge on any atom is -0.344 e. The minimum atomic E-state index is -0.745. The molecule has 0 saturated carbocycles. The third-order valence-corrected chi connectivity index (χ3v) is 6.95. The summed E-state index contributed by atoms with van der Waals surface area (Å²) in [7, 11) is 1.66. The maximum absolute atomic E-state index is 14.1. The second kappa shape index (κ2) is 8.42. The van der Waals surface area contributed by atoms with Gasteiger partial charge in [-0.2, -0.15) is 5.10 Å². The Bertz CT molecular complexity index is 1910. The van der Waals surface area contributed by atoms with Crippen molar-refractivity contribution in [1.82, 2.24) is 24.5 Å². The van der Waals surface area contributed by atoms with Gasteiger partial charge in [0.05, 0.1) is 34.1 Å². The van der Waals surface area contributed by atoms with E-state index in [1.807, 2.05) is 6.07 Å². The summed E-state index contributed by atoms with van der Waals surface area (Å²) in [6.45, 7) is 3.48. The zero-order valence-corrected chi connectivity index (χ0v) is 20.9. The number of carbonyl (C=O) groups is 2. The standard InChI is InChI=1S/C29H22N6O3/c1-5-18-12-13-20-23-22(18)29(38)35(19-10-7-6-8-11-19)25(24(23)28(37)33(20)4)17(3)31-27(36)21-16(2)32-34-15-9-14-30-26(21)34/h1,6-15,17H,2-4H3,(H,31,36)/t17-/m1/s1. The number of nitrogens with one attached hydrogen (secondary N) is 1. The molecule has 6 rings (SSSR count). The molecule has 3 aromatic heterocycles. The van der Waals surface area contributed by atoms with Crippen LogP contribution in [0.25, 0.3) is 22.1 Å². The number of carbonyl (C=O) groups excluding carboxylic acids is 2. The lowest BCUT2D eigenvalue weighted by Crippen LogP contribution is -2.35. The Morgan fingerprint density at radius 2 is 1.84 bits per heavy atom. The molecule has 0 fully saturated rings. The maximum atomic E-state index is 14.1. The van der Waals surface area contributed by atoms with Gasteiger partial charge in [0.25, 0.3) is 17.4 Å². The van der Waals surface area contributed by atoms with Crippen LogP contribution in [-0.4, -0.2) is 38.0 Å². The normalized spacial score (nSPS) is 13.2. The average Bonchev–Trinajstić information content (AvgIpc) is 3.39. The van der Waals surface area contributed by atoms with Crippen LogP contribution in [0.5, 0.6) is 0 Å². The van der Waals surface area contributed by atoms with Crippen LogP contribution in [0.3, 0.4) is 0 Å². The number of benzene rings is 2. The third-order valence-electron chi connectivity index (χ3n) is 6.95. The monoisotopic (exact) mass is 502 g/mol. The van der Waals surface area contributed by atoms with E-state index in [2.05, 4.69) is 21.3 Å². The van der Waals surface area contributed by atoms with Gasteiger partial charge in [0, 0.05) is 36.1 Å².